The molecule has 1 fully saturated rings. The first-order valence-corrected chi connectivity index (χ1v) is 11.3. The van der Waals surface area contributed by atoms with Gasteiger partial charge in [0.05, 0.1) is 16.3 Å². The van der Waals surface area contributed by atoms with Gasteiger partial charge in [0.15, 0.2) is 0 Å². The van der Waals surface area contributed by atoms with Gasteiger partial charge in [-0.05, 0) is 64.5 Å². The van der Waals surface area contributed by atoms with Gasteiger partial charge >= 0.3 is 0 Å². The highest BCUT2D eigenvalue weighted by molar-refractivity contribution is 7.20. The Morgan fingerprint density at radius 1 is 1.07 bits per heavy atom. The molecule has 5 heteroatoms. The highest BCUT2D eigenvalue weighted by Crippen LogP contribution is 2.34. The van der Waals surface area contributed by atoms with Crippen LogP contribution >= 0.6 is 23.7 Å². The molecule has 1 aromatic heterocycles. The lowest BCUT2D eigenvalue weighted by molar-refractivity contribution is 0.279. The van der Waals surface area contributed by atoms with Crippen LogP contribution in [0.4, 0.5) is 0 Å². The summed E-state index contributed by atoms with van der Waals surface area (Å²) in [6, 6.07) is 10.9. The number of nitrogens with one attached hydrogen (secondary N) is 1. The third-order valence-corrected chi connectivity index (χ3v) is 5.89. The largest absolute Gasteiger partial charge is 0.355 e. The molecule has 2 aliphatic rings. The second-order valence-corrected chi connectivity index (χ2v) is 9.30. The number of aliphatic imine (C=N–C) groups is 1. The van der Waals surface area contributed by atoms with Crippen LogP contribution in [0.3, 0.4) is 0 Å². The summed E-state index contributed by atoms with van der Waals surface area (Å²) >= 11 is 1.85. The Morgan fingerprint density at radius 2 is 1.73 bits per heavy atom. The fraction of sp³-hybridized carbons (Fsp3) is 0.400. The number of thiophene rings is 1. The normalized spacial score (nSPS) is 17.2. The number of nitrogens with zero attached hydrogens (tertiary/aromatic N) is 2. The van der Waals surface area contributed by atoms with Gasteiger partial charge in [0, 0.05) is 29.9 Å². The molecule has 162 valence electrons. The zero-order valence-electron chi connectivity index (χ0n) is 18.6. The minimum atomic E-state index is 0. The Labute approximate surface area is 191 Å². The number of rotatable bonds is 3. The second kappa shape index (κ2) is 11.4. The highest BCUT2D eigenvalue weighted by Gasteiger charge is 2.21. The average molecular weight is 444 g/mol. The molecule has 0 saturated carbocycles. The molecule has 1 saturated heterocycles. The van der Waals surface area contributed by atoms with Crippen molar-refractivity contribution in [3.05, 3.63) is 65.0 Å². The van der Waals surface area contributed by atoms with Crippen LogP contribution in [0.25, 0.3) is 15.8 Å². The minimum absolute atomic E-state index is 0. The second-order valence-electron chi connectivity index (χ2n) is 8.21. The molecule has 3 heterocycles. The number of piperidine rings is 1. The SMILES string of the molecule is C=C(C)C.CC(C)=N/C(=C1\CC=C(c2cc3ccccc3s2)N1)N1CCCCC1.Cl. The van der Waals surface area contributed by atoms with E-state index in [1.165, 1.54) is 51.2 Å². The van der Waals surface area contributed by atoms with Crippen LogP contribution in [0.15, 0.2) is 65.1 Å². The van der Waals surface area contributed by atoms with E-state index >= 15 is 0 Å². The Hall–Kier alpha value is -2.04. The molecule has 0 spiro atoms. The van der Waals surface area contributed by atoms with Gasteiger partial charge in [0.2, 0.25) is 0 Å². The molecular weight excluding hydrogens is 410 g/mol. The summed E-state index contributed by atoms with van der Waals surface area (Å²) in [4.78, 5) is 8.65. The Balaban J connectivity index is 0.000000591. The summed E-state index contributed by atoms with van der Waals surface area (Å²) in [6.45, 7) is 13.9. The molecule has 0 amide bonds. The van der Waals surface area contributed by atoms with Gasteiger partial charge in [-0.2, -0.15) is 0 Å². The van der Waals surface area contributed by atoms with E-state index in [9.17, 15) is 0 Å². The maximum atomic E-state index is 4.88. The van der Waals surface area contributed by atoms with E-state index in [0.29, 0.717) is 0 Å². The van der Waals surface area contributed by atoms with Crippen LogP contribution in [-0.2, 0) is 0 Å². The zero-order chi connectivity index (χ0) is 20.8. The van der Waals surface area contributed by atoms with E-state index in [1.807, 2.05) is 25.2 Å². The van der Waals surface area contributed by atoms with Crippen molar-refractivity contribution in [2.75, 3.05) is 13.1 Å². The number of hydrogen-bond acceptors (Lipinski definition) is 4. The fourth-order valence-corrected chi connectivity index (χ4v) is 4.60. The van der Waals surface area contributed by atoms with Crippen LogP contribution in [0.2, 0.25) is 0 Å². The van der Waals surface area contributed by atoms with Gasteiger partial charge in [-0.25, -0.2) is 4.99 Å². The number of likely N-dealkylation sites (tertiary alicyclic amines) is 1. The average Bonchev–Trinajstić information content (AvgIpc) is 3.33. The van der Waals surface area contributed by atoms with E-state index in [-0.39, 0.29) is 12.4 Å². The van der Waals surface area contributed by atoms with Gasteiger partial charge in [0.25, 0.3) is 0 Å². The predicted molar refractivity (Wildman–Crippen MR) is 137 cm³/mol. The molecule has 0 bridgehead atoms. The van der Waals surface area contributed by atoms with Crippen molar-refractivity contribution >= 4 is 45.2 Å². The Bertz CT molecular complexity index is 921. The summed E-state index contributed by atoms with van der Waals surface area (Å²) < 4.78 is 1.34. The van der Waals surface area contributed by atoms with E-state index in [2.05, 4.69) is 67.1 Å². The number of allylic oxidation sites excluding steroid dienone is 2. The molecular formula is C25H34ClN3S. The molecule has 1 N–H and O–H groups in total. The van der Waals surface area contributed by atoms with Crippen molar-refractivity contribution < 1.29 is 0 Å². The smallest absolute Gasteiger partial charge is 0.148 e. The molecule has 4 rings (SSSR count). The molecule has 0 atom stereocenters. The van der Waals surface area contributed by atoms with Gasteiger partial charge < -0.3 is 10.2 Å². The number of fused-ring (bicyclic) bond motifs is 1. The Morgan fingerprint density at radius 3 is 2.37 bits per heavy atom. The first kappa shape index (κ1) is 24.2. The van der Waals surface area contributed by atoms with E-state index in [0.717, 1.165) is 31.0 Å². The molecule has 0 radical (unpaired) electrons. The number of hydrogen-bond donors (Lipinski definition) is 1. The summed E-state index contributed by atoms with van der Waals surface area (Å²) in [6.07, 6.45) is 7.13. The molecule has 3 nitrogen and oxygen atoms in total. The summed E-state index contributed by atoms with van der Waals surface area (Å²) in [7, 11) is 0. The monoisotopic (exact) mass is 443 g/mol. The minimum Gasteiger partial charge on any atom is -0.355 e. The quantitative estimate of drug-likeness (QED) is 0.396. The van der Waals surface area contributed by atoms with E-state index in [1.54, 1.807) is 0 Å². The van der Waals surface area contributed by atoms with Crippen molar-refractivity contribution in [3.63, 3.8) is 0 Å². The summed E-state index contributed by atoms with van der Waals surface area (Å²) in [5.41, 5.74) is 4.76. The molecule has 30 heavy (non-hydrogen) atoms. The summed E-state index contributed by atoms with van der Waals surface area (Å²) in [5, 5.41) is 4.99. The molecule has 2 aliphatic heterocycles. The third kappa shape index (κ3) is 6.48. The standard InChI is InChI=1S/C21H25N3S.C4H8.ClH/c1-15(2)22-21(24-12-6-3-7-13-24)18-11-10-17(23-18)20-14-16-8-4-5-9-19(16)25-20;1-4(2)3;/h4-5,8-10,14,23H,3,6-7,11-13H2,1-2H3;1H2,2-3H3;1H/b21-18-;;. The van der Waals surface area contributed by atoms with Gasteiger partial charge in [-0.1, -0.05) is 29.8 Å². The van der Waals surface area contributed by atoms with E-state index < -0.39 is 0 Å². The molecule has 1 aromatic carbocycles. The van der Waals surface area contributed by atoms with Crippen molar-refractivity contribution in [1.82, 2.24) is 10.2 Å². The third-order valence-electron chi connectivity index (χ3n) is 4.74. The van der Waals surface area contributed by atoms with Crippen molar-refractivity contribution in [2.45, 2.75) is 53.4 Å². The lowest BCUT2D eigenvalue weighted by Crippen LogP contribution is -2.31. The Kier molecular flexibility index (Phi) is 9.19. The molecule has 0 unspecified atom stereocenters. The van der Waals surface area contributed by atoms with Crippen LogP contribution in [-0.4, -0.2) is 23.7 Å². The van der Waals surface area contributed by atoms with E-state index in [4.69, 9.17) is 4.99 Å². The predicted octanol–water partition coefficient (Wildman–Crippen LogP) is 7.38. The highest BCUT2D eigenvalue weighted by atomic mass is 35.5. The van der Waals surface area contributed by atoms with Gasteiger partial charge in [0.1, 0.15) is 5.82 Å². The van der Waals surface area contributed by atoms with Crippen molar-refractivity contribution in [1.29, 1.82) is 0 Å². The van der Waals surface area contributed by atoms with Crippen LogP contribution in [0.5, 0.6) is 0 Å². The number of halogens is 1. The molecule has 0 aliphatic carbocycles. The van der Waals surface area contributed by atoms with Crippen LogP contribution in [0.1, 0.15) is 58.3 Å². The van der Waals surface area contributed by atoms with Crippen LogP contribution in [0, 0.1) is 0 Å². The van der Waals surface area contributed by atoms with Gasteiger partial charge in [-0.3, -0.25) is 0 Å². The van der Waals surface area contributed by atoms with Crippen molar-refractivity contribution in [3.8, 4) is 0 Å². The molecule has 2 aromatic rings. The first-order chi connectivity index (χ1) is 13.9. The first-order valence-electron chi connectivity index (χ1n) is 10.5. The lowest BCUT2D eigenvalue weighted by atomic mass is 10.1. The topological polar surface area (TPSA) is 27.6 Å². The fourth-order valence-electron chi connectivity index (χ4n) is 3.54. The maximum Gasteiger partial charge on any atom is 0.148 e. The van der Waals surface area contributed by atoms with Crippen LogP contribution < -0.4 is 5.32 Å². The lowest BCUT2D eigenvalue weighted by Gasteiger charge is -2.30. The number of benzene rings is 1. The van der Waals surface area contributed by atoms with Crippen molar-refractivity contribution in [2.24, 2.45) is 4.99 Å². The zero-order valence-corrected chi connectivity index (χ0v) is 20.3. The summed E-state index contributed by atoms with van der Waals surface area (Å²) in [5.74, 6) is 1.15. The maximum absolute atomic E-state index is 4.88. The van der Waals surface area contributed by atoms with Gasteiger partial charge in [-0.15, -0.1) is 30.3 Å².